The molecule has 3 fully saturated rings. The molecule has 1 aromatic heterocycles. The molecule has 3 aromatic carbocycles. The number of para-hydroxylation sites is 1. The zero-order valence-electron chi connectivity index (χ0n) is 42.0. The van der Waals surface area contributed by atoms with Gasteiger partial charge in [-0.3, -0.25) is 19.2 Å². The zero-order chi connectivity index (χ0) is 52.9. The topological polar surface area (TPSA) is 223 Å². The second-order valence-corrected chi connectivity index (χ2v) is 19.2. The van der Waals surface area contributed by atoms with Crippen molar-refractivity contribution in [3.05, 3.63) is 97.6 Å². The lowest BCUT2D eigenvalue weighted by molar-refractivity contribution is -0.165. The maximum absolute atomic E-state index is 13.9. The summed E-state index contributed by atoms with van der Waals surface area (Å²) >= 11 is 1.46. The molecule has 7 rings (SSSR count). The van der Waals surface area contributed by atoms with Gasteiger partial charge in [0.2, 0.25) is 11.9 Å². The maximum atomic E-state index is 13.9. The van der Waals surface area contributed by atoms with Crippen LogP contribution in [0.15, 0.2) is 97.1 Å². The average molecular weight is 1050 g/mol. The van der Waals surface area contributed by atoms with Gasteiger partial charge < -0.3 is 47.4 Å². The fourth-order valence-corrected chi connectivity index (χ4v) is 9.80. The van der Waals surface area contributed by atoms with E-state index >= 15 is 0 Å². The normalized spacial score (nSPS) is 20.5. The summed E-state index contributed by atoms with van der Waals surface area (Å²) in [7, 11) is 1.60. The average Bonchev–Trinajstić information content (AvgIpc) is 3.87. The number of ether oxygens (including phenoxy) is 10. The lowest BCUT2D eigenvalue weighted by atomic mass is 9.82. The molecular formula is C55H63N3O16S. The van der Waals surface area contributed by atoms with Crippen molar-refractivity contribution in [2.24, 2.45) is 28.8 Å². The summed E-state index contributed by atoms with van der Waals surface area (Å²) < 4.78 is 56.2. The molecule has 3 aliphatic rings. The second-order valence-electron chi connectivity index (χ2n) is 18.2. The van der Waals surface area contributed by atoms with E-state index in [4.69, 9.17) is 57.5 Å². The van der Waals surface area contributed by atoms with E-state index in [0.717, 1.165) is 22.4 Å². The quantitative estimate of drug-likeness (QED) is 0.00887. The smallest absolute Gasteiger partial charge is 0.333 e. The lowest BCUT2D eigenvalue weighted by Crippen LogP contribution is -2.33. The fraction of sp³-hybridized carbons (Fsp3) is 0.455. The van der Waals surface area contributed by atoms with Gasteiger partial charge >= 0.3 is 35.8 Å². The molecular weight excluding hydrogens is 991 g/mol. The van der Waals surface area contributed by atoms with E-state index in [1.807, 2.05) is 24.3 Å². The third kappa shape index (κ3) is 17.0. The van der Waals surface area contributed by atoms with Crippen molar-refractivity contribution in [2.75, 3.05) is 52.1 Å². The molecule has 19 nitrogen and oxygen atoms in total. The molecule has 0 saturated heterocycles. The Morgan fingerprint density at radius 1 is 0.640 bits per heavy atom. The minimum atomic E-state index is -0.615. The highest BCUT2D eigenvalue weighted by Gasteiger charge is 2.35. The Kier molecular flexibility index (Phi) is 21.3. The van der Waals surface area contributed by atoms with Gasteiger partial charge in [-0.15, -0.1) is 0 Å². The summed E-state index contributed by atoms with van der Waals surface area (Å²) in [5.41, 5.74) is 1.16. The Bertz CT molecular complexity index is 2580. The molecule has 0 aliphatic heterocycles. The Morgan fingerprint density at radius 3 is 1.83 bits per heavy atom. The number of hydrazone groups is 1. The van der Waals surface area contributed by atoms with E-state index in [-0.39, 0.29) is 49.2 Å². The van der Waals surface area contributed by atoms with Gasteiger partial charge in [0.15, 0.2) is 6.79 Å². The summed E-state index contributed by atoms with van der Waals surface area (Å²) in [5, 5.41) is 7.12. The van der Waals surface area contributed by atoms with Crippen LogP contribution in [0.2, 0.25) is 0 Å². The monoisotopic (exact) mass is 1050 g/mol. The van der Waals surface area contributed by atoms with Gasteiger partial charge in [0.25, 0.3) is 0 Å². The maximum Gasteiger partial charge on any atom is 0.333 e. The van der Waals surface area contributed by atoms with Gasteiger partial charge in [-0.2, -0.15) is 5.10 Å². The molecule has 0 N–H and O–H groups in total. The zero-order valence-corrected chi connectivity index (χ0v) is 42.8. The SMILES string of the molecule is C=CC(=O)OCOc1ccc(OC(=O)C2CCC(C(=O)Oc3ccc(OC(=O)C4CCC(C(=O)OC5CCC(OCOC(=O)C=C)CC5)CC4)c(/C=N/N(CCOCCOC)c4nc5ccccc5s4)c3)CC2)cc1. The summed E-state index contributed by atoms with van der Waals surface area (Å²) in [6.07, 6.45) is 9.31. The number of carbonyl (C=O) groups is 6. The van der Waals surface area contributed by atoms with Crippen molar-refractivity contribution < 1.29 is 76.1 Å². The number of aromatic nitrogens is 1. The van der Waals surface area contributed by atoms with Crippen molar-refractivity contribution in [1.82, 2.24) is 4.98 Å². The van der Waals surface area contributed by atoms with Crippen molar-refractivity contribution in [2.45, 2.75) is 89.3 Å². The Morgan fingerprint density at radius 2 is 1.20 bits per heavy atom. The molecule has 0 spiro atoms. The van der Waals surface area contributed by atoms with Crippen LogP contribution in [0.1, 0.15) is 82.6 Å². The highest BCUT2D eigenvalue weighted by atomic mass is 32.1. The highest BCUT2D eigenvalue weighted by molar-refractivity contribution is 7.22. The molecule has 0 bridgehead atoms. The third-order valence-electron chi connectivity index (χ3n) is 13.1. The van der Waals surface area contributed by atoms with Crippen molar-refractivity contribution in [3.8, 4) is 23.0 Å². The number of hydrogen-bond donors (Lipinski definition) is 0. The first-order valence-electron chi connectivity index (χ1n) is 25.1. The number of fused-ring (bicyclic) bond motifs is 1. The van der Waals surface area contributed by atoms with Crippen LogP contribution in [0.5, 0.6) is 23.0 Å². The molecule has 3 saturated carbocycles. The predicted molar refractivity (Wildman–Crippen MR) is 274 cm³/mol. The number of nitrogens with zero attached hydrogens (tertiary/aromatic N) is 3. The van der Waals surface area contributed by atoms with Gasteiger partial charge in [-0.05, 0) is 132 Å². The molecule has 1 heterocycles. The van der Waals surface area contributed by atoms with Crippen LogP contribution >= 0.6 is 11.3 Å². The largest absolute Gasteiger partial charge is 0.462 e. The minimum absolute atomic E-state index is 0.0943. The van der Waals surface area contributed by atoms with Gasteiger partial charge in [0, 0.05) is 24.8 Å². The number of benzene rings is 3. The van der Waals surface area contributed by atoms with Crippen molar-refractivity contribution in [3.63, 3.8) is 0 Å². The van der Waals surface area contributed by atoms with Gasteiger partial charge in [0.1, 0.15) is 29.1 Å². The van der Waals surface area contributed by atoms with Crippen LogP contribution < -0.4 is 24.0 Å². The molecule has 0 radical (unpaired) electrons. The number of anilines is 1. The number of hydrogen-bond acceptors (Lipinski definition) is 20. The number of rotatable bonds is 25. The first-order valence-corrected chi connectivity index (χ1v) is 26.0. The molecule has 75 heavy (non-hydrogen) atoms. The van der Waals surface area contributed by atoms with Crippen LogP contribution in [-0.4, -0.2) is 106 Å². The molecule has 400 valence electrons. The van der Waals surface area contributed by atoms with E-state index in [2.05, 4.69) is 13.2 Å². The lowest BCUT2D eigenvalue weighted by Gasteiger charge is -2.31. The Hall–Kier alpha value is -7.00. The summed E-state index contributed by atoms with van der Waals surface area (Å²) in [4.78, 5) is 81.3. The third-order valence-corrected chi connectivity index (χ3v) is 14.2. The summed E-state index contributed by atoms with van der Waals surface area (Å²) in [5.74, 6) is -3.37. The Balaban J connectivity index is 0.967. The predicted octanol–water partition coefficient (Wildman–Crippen LogP) is 8.45. The fourth-order valence-electron chi connectivity index (χ4n) is 8.85. The summed E-state index contributed by atoms with van der Waals surface area (Å²) in [6.45, 7) is 7.70. The highest BCUT2D eigenvalue weighted by Crippen LogP contribution is 2.36. The molecule has 0 unspecified atom stereocenters. The van der Waals surface area contributed by atoms with Crippen LogP contribution in [0, 0.1) is 23.7 Å². The molecule has 3 aliphatic carbocycles. The molecule has 4 aromatic rings. The second kappa shape index (κ2) is 28.6. The van der Waals surface area contributed by atoms with E-state index in [9.17, 15) is 28.8 Å². The number of esters is 6. The Labute approximate surface area is 439 Å². The van der Waals surface area contributed by atoms with Crippen LogP contribution in [0.25, 0.3) is 10.2 Å². The number of methoxy groups -OCH3 is 1. The minimum Gasteiger partial charge on any atom is -0.462 e. The molecule has 20 heteroatoms. The van der Waals surface area contributed by atoms with E-state index < -0.39 is 47.6 Å². The van der Waals surface area contributed by atoms with Crippen LogP contribution in [-0.2, 0) is 57.2 Å². The standard InChI is InChI=1S/C55H63N3O16S/c1-4-49(59)69-34-67-41-18-22-43(23-19-41)71-51(61)36-10-12-38(13-11-36)53(63)73-45-26-27-47(40(32-45)33-56-58(28-29-66-31-30-65-3)55-57-46-8-6-7-9-48(46)75-55)74-54(64)39-16-14-37(15-17-39)52(62)72-44-24-20-42(21-25-44)68-35-70-50(60)5-2/h4-9,18-19,22-23,26-27,32-33,36-39,42,44H,1-2,10-17,20-21,24-25,28-31,34-35H2,3H3/b56-33+. The number of thiazole rings is 1. The number of carbonyl (C=O) groups excluding carboxylic acids is 6. The van der Waals surface area contributed by atoms with Gasteiger partial charge in [-0.25, -0.2) is 19.6 Å². The summed E-state index contributed by atoms with van der Waals surface area (Å²) in [6, 6.07) is 18.8. The molecule has 0 amide bonds. The van der Waals surface area contributed by atoms with Gasteiger partial charge in [-0.1, -0.05) is 36.6 Å². The van der Waals surface area contributed by atoms with Crippen molar-refractivity contribution in [1.29, 1.82) is 0 Å². The molecule has 0 atom stereocenters. The van der Waals surface area contributed by atoms with Gasteiger partial charge in [0.05, 0.1) is 72.6 Å². The van der Waals surface area contributed by atoms with E-state index in [1.54, 1.807) is 54.6 Å². The first kappa shape index (κ1) is 55.7. The van der Waals surface area contributed by atoms with Crippen LogP contribution in [0.3, 0.4) is 0 Å². The van der Waals surface area contributed by atoms with E-state index in [1.165, 1.54) is 17.6 Å². The first-order chi connectivity index (χ1) is 36.5. The van der Waals surface area contributed by atoms with E-state index in [0.29, 0.717) is 126 Å². The van der Waals surface area contributed by atoms with Crippen LogP contribution in [0.4, 0.5) is 5.13 Å². The van der Waals surface area contributed by atoms with Crippen molar-refractivity contribution >= 4 is 68.7 Å².